The quantitative estimate of drug-likeness (QED) is 0.0212. The number of hydrogen-bond donors (Lipinski definition) is 1. The van der Waals surface area contributed by atoms with Gasteiger partial charge < -0.3 is 28.5 Å². The molecule has 3 atom stereocenters. The number of phosphoric ester groups is 1. The zero-order valence-electron chi connectivity index (χ0n) is 48.7. The maximum Gasteiger partial charge on any atom is 0.306 e. The number of amides is 1. The van der Waals surface area contributed by atoms with Gasteiger partial charge in [-0.25, -0.2) is 0 Å². The maximum atomic E-state index is 13.5. The Morgan fingerprint density at radius 2 is 0.806 bits per heavy atom. The van der Waals surface area contributed by atoms with Crippen molar-refractivity contribution in [1.82, 2.24) is 5.32 Å². The highest BCUT2D eigenvalue weighted by Crippen LogP contribution is 2.38. The van der Waals surface area contributed by atoms with E-state index in [0.29, 0.717) is 17.4 Å². The number of carbonyl (C=O) groups is 2. The number of nitrogens with one attached hydrogen (secondary N) is 1. The second kappa shape index (κ2) is 52.9. The fraction of sp³-hybridized carbons (Fsp3) is 0.903. The summed E-state index contributed by atoms with van der Waals surface area (Å²) in [5, 5.41) is 3.02. The van der Waals surface area contributed by atoms with E-state index >= 15 is 0 Å². The maximum absolute atomic E-state index is 13.5. The molecule has 426 valence electrons. The molecule has 0 radical (unpaired) electrons. The summed E-state index contributed by atoms with van der Waals surface area (Å²) in [6, 6.07) is -0.890. The molecule has 10 heteroatoms. The Morgan fingerprint density at radius 1 is 0.472 bits per heavy atom. The Morgan fingerprint density at radius 3 is 1.19 bits per heavy atom. The van der Waals surface area contributed by atoms with Crippen LogP contribution in [0.4, 0.5) is 0 Å². The molecule has 0 aromatic carbocycles. The average molecular weight is 1040 g/mol. The smallest absolute Gasteiger partial charge is 0.306 e. The summed E-state index contributed by atoms with van der Waals surface area (Å²) in [4.78, 5) is 39.9. The van der Waals surface area contributed by atoms with Crippen molar-refractivity contribution < 1.29 is 37.3 Å². The standard InChI is InChI=1S/C62H121N2O7P/c1-7-10-13-16-19-22-25-28-30-31-32-33-34-37-40-43-46-49-52-55-62(66)71-60(53-50-47-44-41-38-35-27-24-21-18-15-12-9-3)59(58-70-72(67,68)69-57-56-64(4,5)6)63-61(65)54-51-48-45-42-39-36-29-26-23-20-17-14-11-8-2/h36,39,50,53,59-60H,7-35,37-38,40-49,51-52,54-58H2,1-6H3,(H-,63,65,67,68)/b39-36-,53-50+. The lowest BCUT2D eigenvalue weighted by atomic mass is 10.0. The number of unbranched alkanes of at least 4 members (excludes halogenated alkanes) is 39. The van der Waals surface area contributed by atoms with Crippen LogP contribution < -0.4 is 10.2 Å². The van der Waals surface area contributed by atoms with Crippen LogP contribution in [-0.2, 0) is 27.9 Å². The van der Waals surface area contributed by atoms with E-state index in [1.54, 1.807) is 0 Å². The number of quaternary nitrogens is 1. The Hall–Kier alpha value is -1.51. The lowest BCUT2D eigenvalue weighted by Crippen LogP contribution is -2.47. The van der Waals surface area contributed by atoms with Gasteiger partial charge in [0, 0.05) is 12.8 Å². The normalized spacial score (nSPS) is 13.8. The van der Waals surface area contributed by atoms with Gasteiger partial charge in [-0.2, -0.15) is 0 Å². The average Bonchev–Trinajstić information content (AvgIpc) is 3.34. The van der Waals surface area contributed by atoms with Crippen LogP contribution in [0.2, 0.25) is 0 Å². The van der Waals surface area contributed by atoms with Gasteiger partial charge in [0.2, 0.25) is 5.91 Å². The molecule has 0 saturated carbocycles. The van der Waals surface area contributed by atoms with Gasteiger partial charge in [0.05, 0.1) is 33.8 Å². The molecule has 0 fully saturated rings. The Bertz CT molecular complexity index is 1290. The number of esters is 1. The molecule has 0 aliphatic heterocycles. The van der Waals surface area contributed by atoms with Gasteiger partial charge in [-0.05, 0) is 57.4 Å². The molecular formula is C62H121N2O7P. The lowest BCUT2D eigenvalue weighted by molar-refractivity contribution is -0.870. The van der Waals surface area contributed by atoms with Crippen LogP contribution in [0.15, 0.2) is 24.3 Å². The third kappa shape index (κ3) is 53.3. The van der Waals surface area contributed by atoms with E-state index in [9.17, 15) is 19.0 Å². The van der Waals surface area contributed by atoms with Gasteiger partial charge >= 0.3 is 5.97 Å². The van der Waals surface area contributed by atoms with E-state index in [4.69, 9.17) is 13.8 Å². The van der Waals surface area contributed by atoms with E-state index in [-0.39, 0.29) is 31.5 Å². The summed E-state index contributed by atoms with van der Waals surface area (Å²) < 4.78 is 30.3. The lowest BCUT2D eigenvalue weighted by Gasteiger charge is -2.30. The minimum atomic E-state index is -4.69. The van der Waals surface area contributed by atoms with Crippen molar-refractivity contribution in [2.75, 3.05) is 40.9 Å². The number of hydrogen-bond acceptors (Lipinski definition) is 7. The molecule has 3 unspecified atom stereocenters. The van der Waals surface area contributed by atoms with Crippen LogP contribution in [0.3, 0.4) is 0 Å². The van der Waals surface area contributed by atoms with Crippen molar-refractivity contribution in [3.05, 3.63) is 24.3 Å². The molecule has 0 aromatic rings. The van der Waals surface area contributed by atoms with Gasteiger partial charge in [0.1, 0.15) is 19.3 Å². The molecule has 0 aliphatic carbocycles. The van der Waals surface area contributed by atoms with Crippen molar-refractivity contribution in [2.45, 2.75) is 322 Å². The van der Waals surface area contributed by atoms with Gasteiger partial charge in [0.15, 0.2) is 0 Å². The van der Waals surface area contributed by atoms with Crippen LogP contribution in [0.25, 0.3) is 0 Å². The molecule has 0 aliphatic rings. The van der Waals surface area contributed by atoms with Gasteiger partial charge in [-0.3, -0.25) is 14.2 Å². The number of phosphoric acid groups is 1. The Labute approximate surface area is 447 Å². The van der Waals surface area contributed by atoms with Crippen molar-refractivity contribution in [3.63, 3.8) is 0 Å². The van der Waals surface area contributed by atoms with E-state index in [1.807, 2.05) is 33.3 Å². The van der Waals surface area contributed by atoms with Gasteiger partial charge in [0.25, 0.3) is 7.82 Å². The molecule has 0 heterocycles. The van der Waals surface area contributed by atoms with Crippen molar-refractivity contribution in [1.29, 1.82) is 0 Å². The molecule has 0 aromatic heterocycles. The van der Waals surface area contributed by atoms with E-state index in [2.05, 4.69) is 38.2 Å². The fourth-order valence-electron chi connectivity index (χ4n) is 9.28. The van der Waals surface area contributed by atoms with Crippen molar-refractivity contribution in [2.24, 2.45) is 0 Å². The SMILES string of the molecule is CCCCCCCCC/C=C\CCCCCC(=O)NC(COP(=O)([O-])OCC[N+](C)(C)C)C(/C=C/CCCCCCCCCCCCC)OC(=O)CCCCCCCCCCCCCCCCCCCCC. The highest BCUT2D eigenvalue weighted by atomic mass is 31.2. The second-order valence-corrected chi connectivity index (χ2v) is 24.0. The molecule has 72 heavy (non-hydrogen) atoms. The van der Waals surface area contributed by atoms with Crippen LogP contribution in [0, 0.1) is 0 Å². The highest BCUT2D eigenvalue weighted by molar-refractivity contribution is 7.45. The van der Waals surface area contributed by atoms with Crippen LogP contribution >= 0.6 is 7.82 Å². The minimum absolute atomic E-state index is 0.0215. The summed E-state index contributed by atoms with van der Waals surface area (Å²) in [5.74, 6) is -0.543. The second-order valence-electron chi connectivity index (χ2n) is 22.6. The molecule has 9 nitrogen and oxygen atoms in total. The first-order chi connectivity index (χ1) is 34.9. The van der Waals surface area contributed by atoms with Gasteiger partial charge in [-0.1, -0.05) is 264 Å². The predicted octanol–water partition coefficient (Wildman–Crippen LogP) is 18.3. The van der Waals surface area contributed by atoms with Crippen molar-refractivity contribution >= 4 is 19.7 Å². The number of rotatable bonds is 57. The van der Waals surface area contributed by atoms with Crippen molar-refractivity contribution in [3.8, 4) is 0 Å². The Kier molecular flexibility index (Phi) is 51.8. The molecule has 1 N–H and O–H groups in total. The molecule has 0 bridgehead atoms. The Balaban J connectivity index is 5.25. The fourth-order valence-corrected chi connectivity index (χ4v) is 10.0. The molecule has 0 saturated heterocycles. The van der Waals surface area contributed by atoms with Gasteiger partial charge in [-0.15, -0.1) is 0 Å². The van der Waals surface area contributed by atoms with E-state index in [1.165, 1.54) is 205 Å². The summed E-state index contributed by atoms with van der Waals surface area (Å²) in [5.41, 5.74) is 0. The summed E-state index contributed by atoms with van der Waals surface area (Å²) in [7, 11) is 1.19. The summed E-state index contributed by atoms with van der Waals surface area (Å²) in [6.07, 6.45) is 61.4. The number of carbonyl (C=O) groups excluding carboxylic acids is 2. The largest absolute Gasteiger partial charge is 0.756 e. The number of likely N-dealkylation sites (N-methyl/N-ethyl adjacent to an activating group) is 1. The number of allylic oxidation sites excluding steroid dienone is 3. The third-order valence-corrected chi connectivity index (χ3v) is 15.1. The topological polar surface area (TPSA) is 114 Å². The van der Waals surface area contributed by atoms with E-state index < -0.39 is 20.0 Å². The summed E-state index contributed by atoms with van der Waals surface area (Å²) >= 11 is 0. The third-order valence-electron chi connectivity index (χ3n) is 14.1. The predicted molar refractivity (Wildman–Crippen MR) is 307 cm³/mol. The first kappa shape index (κ1) is 70.5. The first-order valence-electron chi connectivity index (χ1n) is 31.1. The van der Waals surface area contributed by atoms with Crippen LogP contribution in [0.1, 0.15) is 310 Å². The zero-order valence-corrected chi connectivity index (χ0v) is 49.6. The summed E-state index contributed by atoms with van der Waals surface area (Å²) in [6.45, 7) is 6.87. The number of ether oxygens (including phenoxy) is 1. The molecule has 1 amide bonds. The number of nitrogens with zero attached hydrogens (tertiary/aromatic N) is 1. The van der Waals surface area contributed by atoms with Crippen LogP contribution in [-0.4, -0.2) is 69.4 Å². The van der Waals surface area contributed by atoms with E-state index in [0.717, 1.165) is 70.6 Å². The highest BCUT2D eigenvalue weighted by Gasteiger charge is 2.27. The molecule has 0 rings (SSSR count). The monoisotopic (exact) mass is 1040 g/mol. The first-order valence-corrected chi connectivity index (χ1v) is 32.6. The zero-order chi connectivity index (χ0) is 52.9. The molecular weight excluding hydrogens is 916 g/mol. The van der Waals surface area contributed by atoms with Crippen LogP contribution in [0.5, 0.6) is 0 Å². The molecule has 0 spiro atoms. The minimum Gasteiger partial charge on any atom is -0.756 e.